The average Bonchev–Trinajstić information content (AvgIpc) is 2.41. The van der Waals surface area contributed by atoms with E-state index in [2.05, 4.69) is 21.2 Å². The zero-order chi connectivity index (χ0) is 15.4. The molecule has 0 unspecified atom stereocenters. The first-order chi connectivity index (χ1) is 9.97. The van der Waals surface area contributed by atoms with Gasteiger partial charge in [0, 0.05) is 28.0 Å². The highest BCUT2D eigenvalue weighted by molar-refractivity contribution is 9.10. The van der Waals surface area contributed by atoms with Gasteiger partial charge in [-0.25, -0.2) is 0 Å². The minimum atomic E-state index is 0.0773. The Bertz CT molecular complexity index is 630. The molecule has 2 aromatic rings. The molecule has 0 fully saturated rings. The van der Waals surface area contributed by atoms with Gasteiger partial charge in [-0.15, -0.1) is 0 Å². The van der Waals surface area contributed by atoms with E-state index in [1.165, 1.54) is 0 Å². The molecule has 2 aromatic carbocycles. The Morgan fingerprint density at radius 3 is 2.52 bits per heavy atom. The highest BCUT2D eigenvalue weighted by Crippen LogP contribution is 2.31. The number of benzene rings is 2. The van der Waals surface area contributed by atoms with Crippen LogP contribution in [0.4, 0.5) is 17.1 Å². The fraction of sp³-hybridized carbons (Fsp3) is 0.250. The van der Waals surface area contributed by atoms with Crippen LogP contribution in [0.2, 0.25) is 0 Å². The number of hydrogen-bond acceptors (Lipinski definition) is 4. The smallest absolute Gasteiger partial charge is 0.144 e. The lowest BCUT2D eigenvalue weighted by molar-refractivity contribution is 0.244. The summed E-state index contributed by atoms with van der Waals surface area (Å²) in [6.07, 6.45) is 0.0773. The predicted molar refractivity (Wildman–Crippen MR) is 90.6 cm³/mol. The predicted octanol–water partition coefficient (Wildman–Crippen LogP) is 4.57. The molecule has 0 heterocycles. The Morgan fingerprint density at radius 2 is 1.86 bits per heavy atom. The minimum Gasteiger partial charge on any atom is -0.497 e. The number of hydrogen-bond donors (Lipinski definition) is 2. The van der Waals surface area contributed by atoms with Gasteiger partial charge in [-0.1, -0.05) is 15.9 Å². The number of ether oxygens (including phenoxy) is 2. The van der Waals surface area contributed by atoms with Crippen molar-refractivity contribution in [3.05, 3.63) is 40.9 Å². The van der Waals surface area contributed by atoms with Crippen LogP contribution in [0, 0.1) is 0 Å². The van der Waals surface area contributed by atoms with Gasteiger partial charge in [0.15, 0.2) is 0 Å². The van der Waals surface area contributed by atoms with Crippen molar-refractivity contribution in [1.29, 1.82) is 0 Å². The van der Waals surface area contributed by atoms with E-state index in [1.54, 1.807) is 7.11 Å². The molecule has 2 rings (SSSR count). The van der Waals surface area contributed by atoms with E-state index in [-0.39, 0.29) is 6.10 Å². The summed E-state index contributed by atoms with van der Waals surface area (Å²) in [4.78, 5) is 0. The maximum absolute atomic E-state index is 5.92. The Morgan fingerprint density at radius 1 is 1.10 bits per heavy atom. The molecule has 3 N–H and O–H groups in total. The van der Waals surface area contributed by atoms with Crippen molar-refractivity contribution < 1.29 is 9.47 Å². The molecule has 0 saturated heterocycles. The molecule has 0 aliphatic rings. The van der Waals surface area contributed by atoms with E-state index in [0.717, 1.165) is 21.6 Å². The number of nitrogen functional groups attached to an aromatic ring is 1. The molecule has 4 nitrogen and oxygen atoms in total. The molecule has 0 bridgehead atoms. The largest absolute Gasteiger partial charge is 0.497 e. The minimum absolute atomic E-state index is 0.0773. The zero-order valence-corrected chi connectivity index (χ0v) is 13.9. The summed E-state index contributed by atoms with van der Waals surface area (Å²) in [5, 5.41) is 3.31. The summed E-state index contributed by atoms with van der Waals surface area (Å²) in [5.74, 6) is 1.46. The first kappa shape index (κ1) is 15.5. The Labute approximate surface area is 133 Å². The third kappa shape index (κ3) is 4.29. The molecule has 0 amide bonds. The number of nitrogens with two attached hydrogens (primary N) is 1. The van der Waals surface area contributed by atoms with Gasteiger partial charge in [-0.3, -0.25) is 0 Å². The van der Waals surface area contributed by atoms with Crippen LogP contribution < -0.4 is 20.5 Å². The monoisotopic (exact) mass is 350 g/mol. The van der Waals surface area contributed by atoms with Gasteiger partial charge in [0.25, 0.3) is 0 Å². The second kappa shape index (κ2) is 6.72. The van der Waals surface area contributed by atoms with E-state index in [4.69, 9.17) is 15.2 Å². The molecule has 5 heteroatoms. The lowest BCUT2D eigenvalue weighted by Gasteiger charge is -2.15. The molecule has 0 aliphatic heterocycles. The third-order valence-electron chi connectivity index (χ3n) is 2.77. The molecule has 0 aliphatic carbocycles. The molecule has 0 atom stereocenters. The number of nitrogens with one attached hydrogen (secondary N) is 1. The van der Waals surface area contributed by atoms with E-state index < -0.39 is 0 Å². The number of anilines is 3. The van der Waals surface area contributed by atoms with Gasteiger partial charge in [0.05, 0.1) is 18.9 Å². The van der Waals surface area contributed by atoms with Crippen LogP contribution in [-0.4, -0.2) is 13.2 Å². The Balaban J connectivity index is 2.25. The molecule has 21 heavy (non-hydrogen) atoms. The second-order valence-electron chi connectivity index (χ2n) is 4.92. The van der Waals surface area contributed by atoms with E-state index in [0.29, 0.717) is 11.4 Å². The number of methoxy groups -OCH3 is 1. The third-order valence-corrected chi connectivity index (χ3v) is 3.23. The van der Waals surface area contributed by atoms with E-state index >= 15 is 0 Å². The highest BCUT2D eigenvalue weighted by Gasteiger charge is 2.06. The van der Waals surface area contributed by atoms with Crippen molar-refractivity contribution in [1.82, 2.24) is 0 Å². The summed E-state index contributed by atoms with van der Waals surface area (Å²) in [5.41, 5.74) is 8.37. The molecular weight excluding hydrogens is 332 g/mol. The maximum atomic E-state index is 5.92. The normalized spacial score (nSPS) is 10.5. The molecule has 0 radical (unpaired) electrons. The molecule has 0 spiro atoms. The summed E-state index contributed by atoms with van der Waals surface area (Å²) in [6.45, 7) is 3.94. The van der Waals surface area contributed by atoms with Crippen molar-refractivity contribution in [2.24, 2.45) is 0 Å². The zero-order valence-electron chi connectivity index (χ0n) is 12.3. The van der Waals surface area contributed by atoms with Crippen LogP contribution in [0.15, 0.2) is 40.9 Å². The first-order valence-corrected chi connectivity index (χ1v) is 7.45. The van der Waals surface area contributed by atoms with Gasteiger partial charge in [0.1, 0.15) is 11.5 Å². The summed E-state index contributed by atoms with van der Waals surface area (Å²) in [7, 11) is 1.64. The van der Waals surface area contributed by atoms with Crippen molar-refractivity contribution >= 4 is 33.0 Å². The van der Waals surface area contributed by atoms with Gasteiger partial charge in [0.2, 0.25) is 0 Å². The fourth-order valence-corrected chi connectivity index (χ4v) is 2.36. The highest BCUT2D eigenvalue weighted by atomic mass is 79.9. The van der Waals surface area contributed by atoms with Crippen LogP contribution in [0.25, 0.3) is 0 Å². The van der Waals surface area contributed by atoms with Gasteiger partial charge >= 0.3 is 0 Å². The van der Waals surface area contributed by atoms with Crippen LogP contribution in [0.5, 0.6) is 11.5 Å². The van der Waals surface area contributed by atoms with Crippen LogP contribution in [0.1, 0.15) is 13.8 Å². The molecule has 112 valence electrons. The molecule has 0 saturated carbocycles. The molecule has 0 aromatic heterocycles. The van der Waals surface area contributed by atoms with Crippen molar-refractivity contribution in [2.45, 2.75) is 20.0 Å². The maximum Gasteiger partial charge on any atom is 0.144 e. The topological polar surface area (TPSA) is 56.5 Å². The van der Waals surface area contributed by atoms with Crippen molar-refractivity contribution in [3.8, 4) is 11.5 Å². The Hall–Kier alpha value is -1.88. The van der Waals surface area contributed by atoms with Crippen LogP contribution in [0.3, 0.4) is 0 Å². The second-order valence-corrected chi connectivity index (χ2v) is 5.84. The average molecular weight is 351 g/mol. The SMILES string of the molecule is COc1cc(Br)cc(Nc2ccc(N)c(OC(C)C)c2)c1. The van der Waals surface area contributed by atoms with Crippen molar-refractivity contribution in [3.63, 3.8) is 0 Å². The van der Waals surface area contributed by atoms with E-state index in [9.17, 15) is 0 Å². The van der Waals surface area contributed by atoms with E-state index in [1.807, 2.05) is 50.2 Å². The Kier molecular flexibility index (Phi) is 4.96. The van der Waals surface area contributed by atoms with Crippen LogP contribution >= 0.6 is 15.9 Å². The first-order valence-electron chi connectivity index (χ1n) is 6.65. The van der Waals surface area contributed by atoms with Crippen molar-refractivity contribution in [2.75, 3.05) is 18.2 Å². The number of rotatable bonds is 5. The summed E-state index contributed by atoms with van der Waals surface area (Å²) in [6, 6.07) is 11.4. The van der Waals surface area contributed by atoms with Crippen LogP contribution in [-0.2, 0) is 0 Å². The van der Waals surface area contributed by atoms with Gasteiger partial charge < -0.3 is 20.5 Å². The molecular formula is C16H19BrN2O2. The summed E-state index contributed by atoms with van der Waals surface area (Å²) >= 11 is 3.46. The quantitative estimate of drug-likeness (QED) is 0.775. The summed E-state index contributed by atoms with van der Waals surface area (Å²) < 4.78 is 11.9. The van der Waals surface area contributed by atoms with Gasteiger partial charge in [-0.2, -0.15) is 0 Å². The lowest BCUT2D eigenvalue weighted by Crippen LogP contribution is -2.07. The lowest BCUT2D eigenvalue weighted by atomic mass is 10.2. The number of halogens is 1. The fourth-order valence-electron chi connectivity index (χ4n) is 1.89. The standard InChI is InChI=1S/C16H19BrN2O2/c1-10(2)21-16-9-12(4-5-15(16)18)19-13-6-11(17)7-14(8-13)20-3/h4-10,19H,18H2,1-3H3. The van der Waals surface area contributed by atoms with Gasteiger partial charge in [-0.05, 0) is 38.1 Å².